The van der Waals surface area contributed by atoms with Gasteiger partial charge >= 0.3 is 6.09 Å². The second kappa shape index (κ2) is 11.4. The van der Waals surface area contributed by atoms with Gasteiger partial charge < -0.3 is 10.1 Å². The highest BCUT2D eigenvalue weighted by Gasteiger charge is 2.28. The molecule has 0 saturated heterocycles. The third-order valence-corrected chi connectivity index (χ3v) is 6.93. The molecule has 0 heterocycles. The Bertz CT molecular complexity index is 1150. The van der Waals surface area contributed by atoms with Crippen LogP contribution in [0.5, 0.6) is 0 Å². The predicted molar refractivity (Wildman–Crippen MR) is 129 cm³/mol. The van der Waals surface area contributed by atoms with Crippen LogP contribution < -0.4 is 5.32 Å². The quantitative estimate of drug-likeness (QED) is 0.436. The summed E-state index contributed by atoms with van der Waals surface area (Å²) >= 11 is 0. The number of ether oxygens (including phenoxy) is 1. The molecule has 0 spiro atoms. The minimum Gasteiger partial charge on any atom is -0.445 e. The highest BCUT2D eigenvalue weighted by Crippen LogP contribution is 2.21. The minimum absolute atomic E-state index is 0.0205. The second-order valence-corrected chi connectivity index (χ2v) is 9.53. The minimum atomic E-state index is -3.80. The lowest BCUT2D eigenvalue weighted by Crippen LogP contribution is -2.41. The van der Waals surface area contributed by atoms with Crippen molar-refractivity contribution in [2.24, 2.45) is 0 Å². The first-order chi connectivity index (χ1) is 15.9. The standard InChI is InChI=1S/C26H28N2O4S/c1-3-18-28(33(30,31)24-16-14-21(2)15-17-24)19-25(23-12-8-5-9-13-23)27-26(29)32-20-22-10-6-4-7-11-22/h3-17,25H,1,18-20H2,2H3,(H,27,29)/t25-/m1/s1. The van der Waals surface area contributed by atoms with Crippen LogP contribution in [0.3, 0.4) is 0 Å². The zero-order valence-corrected chi connectivity index (χ0v) is 19.4. The van der Waals surface area contributed by atoms with Gasteiger partial charge in [-0.2, -0.15) is 4.31 Å². The molecule has 3 rings (SSSR count). The van der Waals surface area contributed by atoms with Gasteiger partial charge in [0, 0.05) is 13.1 Å². The number of nitrogens with zero attached hydrogens (tertiary/aromatic N) is 1. The Labute approximate surface area is 195 Å². The average Bonchev–Trinajstić information content (AvgIpc) is 2.83. The maximum Gasteiger partial charge on any atom is 0.407 e. The molecular formula is C26H28N2O4S. The fraction of sp³-hybridized carbons (Fsp3) is 0.192. The van der Waals surface area contributed by atoms with E-state index in [1.807, 2.05) is 67.6 Å². The Balaban J connectivity index is 1.80. The molecule has 3 aromatic rings. The van der Waals surface area contributed by atoms with Crippen molar-refractivity contribution in [3.8, 4) is 0 Å². The van der Waals surface area contributed by atoms with Crippen molar-refractivity contribution in [1.29, 1.82) is 0 Å². The van der Waals surface area contributed by atoms with E-state index in [4.69, 9.17) is 4.74 Å². The van der Waals surface area contributed by atoms with Crippen molar-refractivity contribution in [1.82, 2.24) is 9.62 Å². The molecule has 1 amide bonds. The van der Waals surface area contributed by atoms with Crippen LogP contribution in [0.4, 0.5) is 4.79 Å². The Morgan fingerprint density at radius 2 is 1.61 bits per heavy atom. The van der Waals surface area contributed by atoms with Crippen molar-refractivity contribution < 1.29 is 17.9 Å². The molecule has 33 heavy (non-hydrogen) atoms. The monoisotopic (exact) mass is 464 g/mol. The van der Waals surface area contributed by atoms with Crippen LogP contribution in [0, 0.1) is 6.92 Å². The van der Waals surface area contributed by atoms with Crippen LogP contribution in [-0.4, -0.2) is 31.9 Å². The molecule has 0 bridgehead atoms. The molecule has 1 N–H and O–H groups in total. The van der Waals surface area contributed by atoms with Gasteiger partial charge in [0.15, 0.2) is 0 Å². The molecule has 0 aliphatic rings. The number of alkyl carbamates (subject to hydrolysis) is 1. The smallest absolute Gasteiger partial charge is 0.407 e. The number of aryl methyl sites for hydroxylation is 1. The van der Waals surface area contributed by atoms with Crippen molar-refractivity contribution in [2.75, 3.05) is 13.1 Å². The summed E-state index contributed by atoms with van der Waals surface area (Å²) in [6, 6.07) is 24.6. The maximum atomic E-state index is 13.3. The Hall–Kier alpha value is -3.42. The van der Waals surface area contributed by atoms with E-state index < -0.39 is 22.2 Å². The Kier molecular flexibility index (Phi) is 8.40. The number of carbonyl (C=O) groups is 1. The number of carbonyl (C=O) groups excluding carboxylic acids is 1. The molecule has 3 aromatic carbocycles. The van der Waals surface area contributed by atoms with Gasteiger partial charge in [-0.05, 0) is 30.2 Å². The lowest BCUT2D eigenvalue weighted by atomic mass is 10.1. The summed E-state index contributed by atoms with van der Waals surface area (Å²) < 4.78 is 33.3. The van der Waals surface area contributed by atoms with Crippen molar-refractivity contribution in [2.45, 2.75) is 24.5 Å². The molecule has 6 nitrogen and oxygen atoms in total. The number of amides is 1. The van der Waals surface area contributed by atoms with Gasteiger partial charge in [-0.3, -0.25) is 0 Å². The molecule has 172 valence electrons. The Morgan fingerprint density at radius 1 is 1.00 bits per heavy atom. The third kappa shape index (κ3) is 6.78. The number of hydrogen-bond donors (Lipinski definition) is 1. The summed E-state index contributed by atoms with van der Waals surface area (Å²) in [7, 11) is -3.80. The van der Waals surface area contributed by atoms with Crippen molar-refractivity contribution >= 4 is 16.1 Å². The summed E-state index contributed by atoms with van der Waals surface area (Å²) in [6.45, 7) is 5.84. The highest BCUT2D eigenvalue weighted by molar-refractivity contribution is 7.89. The van der Waals surface area contributed by atoms with Crippen LogP contribution in [0.15, 0.2) is 102 Å². The summed E-state index contributed by atoms with van der Waals surface area (Å²) in [5.74, 6) is 0. The van der Waals surface area contributed by atoms with Crippen LogP contribution in [0.1, 0.15) is 22.7 Å². The lowest BCUT2D eigenvalue weighted by Gasteiger charge is -2.27. The molecule has 0 fully saturated rings. The molecule has 7 heteroatoms. The number of benzene rings is 3. The fourth-order valence-corrected chi connectivity index (χ4v) is 4.73. The first-order valence-electron chi connectivity index (χ1n) is 10.6. The summed E-state index contributed by atoms with van der Waals surface area (Å²) in [5, 5.41) is 2.82. The van der Waals surface area contributed by atoms with Crippen LogP contribution in [-0.2, 0) is 21.4 Å². The predicted octanol–water partition coefficient (Wildman–Crippen LogP) is 4.84. The summed E-state index contributed by atoms with van der Waals surface area (Å²) in [6.07, 6.45) is 0.903. The molecule has 0 saturated carbocycles. The SMILES string of the molecule is C=CCN(C[C@@H](NC(=O)OCc1ccccc1)c1ccccc1)S(=O)(=O)c1ccc(C)cc1. The second-order valence-electron chi connectivity index (χ2n) is 7.59. The molecule has 0 radical (unpaired) electrons. The largest absolute Gasteiger partial charge is 0.445 e. The van der Waals surface area contributed by atoms with E-state index in [1.54, 1.807) is 24.3 Å². The first-order valence-corrected chi connectivity index (χ1v) is 12.0. The average molecular weight is 465 g/mol. The topological polar surface area (TPSA) is 75.7 Å². The summed E-state index contributed by atoms with van der Waals surface area (Å²) in [4.78, 5) is 12.8. The Morgan fingerprint density at radius 3 is 2.21 bits per heavy atom. The van der Waals surface area contributed by atoms with E-state index in [1.165, 1.54) is 10.4 Å². The number of sulfonamides is 1. The molecule has 1 atom stereocenters. The lowest BCUT2D eigenvalue weighted by molar-refractivity contribution is 0.134. The molecule has 0 aliphatic heterocycles. The van der Waals surface area contributed by atoms with Gasteiger partial charge in [0.05, 0.1) is 10.9 Å². The molecule has 0 unspecified atom stereocenters. The van der Waals surface area contributed by atoms with Crippen molar-refractivity contribution in [3.05, 3.63) is 114 Å². The number of rotatable bonds is 10. The highest BCUT2D eigenvalue weighted by atomic mass is 32.2. The third-order valence-electron chi connectivity index (χ3n) is 5.08. The van der Waals surface area contributed by atoms with Gasteiger partial charge in [-0.25, -0.2) is 13.2 Å². The van der Waals surface area contributed by atoms with Gasteiger partial charge in [0.25, 0.3) is 0 Å². The first kappa shape index (κ1) is 24.2. The van der Waals surface area contributed by atoms with Crippen LogP contribution >= 0.6 is 0 Å². The van der Waals surface area contributed by atoms with E-state index in [9.17, 15) is 13.2 Å². The number of hydrogen-bond acceptors (Lipinski definition) is 4. The molecular weight excluding hydrogens is 436 g/mol. The molecule has 0 aliphatic carbocycles. The molecule has 0 aromatic heterocycles. The fourth-order valence-electron chi connectivity index (χ4n) is 3.30. The zero-order valence-electron chi connectivity index (χ0n) is 18.6. The van der Waals surface area contributed by atoms with Gasteiger partial charge in [-0.1, -0.05) is 84.4 Å². The van der Waals surface area contributed by atoms with E-state index in [-0.39, 0.29) is 24.6 Å². The van der Waals surface area contributed by atoms with Crippen LogP contribution in [0.2, 0.25) is 0 Å². The maximum absolute atomic E-state index is 13.3. The van der Waals surface area contributed by atoms with E-state index in [2.05, 4.69) is 11.9 Å². The van der Waals surface area contributed by atoms with Crippen LogP contribution in [0.25, 0.3) is 0 Å². The van der Waals surface area contributed by atoms with E-state index in [0.717, 1.165) is 16.7 Å². The summed E-state index contributed by atoms with van der Waals surface area (Å²) in [5.41, 5.74) is 2.59. The van der Waals surface area contributed by atoms with Gasteiger partial charge in [0.1, 0.15) is 6.61 Å². The van der Waals surface area contributed by atoms with E-state index in [0.29, 0.717) is 0 Å². The zero-order chi connectivity index (χ0) is 23.7. The van der Waals surface area contributed by atoms with Gasteiger partial charge in [0.2, 0.25) is 10.0 Å². The van der Waals surface area contributed by atoms with Gasteiger partial charge in [-0.15, -0.1) is 6.58 Å². The van der Waals surface area contributed by atoms with Crippen molar-refractivity contribution in [3.63, 3.8) is 0 Å². The van der Waals surface area contributed by atoms with E-state index >= 15 is 0 Å². The number of nitrogens with one attached hydrogen (secondary N) is 1. The normalized spacial score (nSPS) is 12.2.